The number of carbonyl (C=O) groups excluding carboxylic acids is 4. The average Bonchev–Trinajstić information content (AvgIpc) is 3.47. The van der Waals surface area contributed by atoms with E-state index in [1.54, 1.807) is 19.9 Å². The summed E-state index contributed by atoms with van der Waals surface area (Å²) in [4.78, 5) is 70.3. The van der Waals surface area contributed by atoms with Crippen molar-refractivity contribution < 1.29 is 38.9 Å². The van der Waals surface area contributed by atoms with Crippen LogP contribution in [-0.4, -0.2) is 69.0 Å². The highest BCUT2D eigenvalue weighted by Gasteiger charge is 2.71. The number of aliphatic hydroxyl groups is 1. The number of amides is 2. The first-order valence-electron chi connectivity index (χ1n) is 22.9. The van der Waals surface area contributed by atoms with E-state index in [4.69, 9.17) is 10.5 Å². The predicted molar refractivity (Wildman–Crippen MR) is 232 cm³/mol. The van der Waals surface area contributed by atoms with Crippen LogP contribution in [0.5, 0.6) is 0 Å². The number of allylic oxidation sites excluding steroid dienone is 1. The fourth-order valence-corrected chi connectivity index (χ4v) is 14.8. The molecule has 61 heavy (non-hydrogen) atoms. The van der Waals surface area contributed by atoms with Crippen molar-refractivity contribution in [2.75, 3.05) is 12.3 Å². The summed E-state index contributed by atoms with van der Waals surface area (Å²) in [6, 6.07) is 3.07. The van der Waals surface area contributed by atoms with Gasteiger partial charge in [-0.1, -0.05) is 67.9 Å². The summed E-state index contributed by atoms with van der Waals surface area (Å²) in [6.07, 6.45) is 7.82. The van der Waals surface area contributed by atoms with Crippen LogP contribution < -0.4 is 16.4 Å². The molecule has 0 bridgehead atoms. The van der Waals surface area contributed by atoms with Gasteiger partial charge in [-0.05, 0) is 135 Å². The monoisotopic (exact) mass is 845 g/mol. The van der Waals surface area contributed by atoms with Crippen LogP contribution in [0.2, 0.25) is 0 Å². The van der Waals surface area contributed by atoms with Gasteiger partial charge >= 0.3 is 11.9 Å². The van der Waals surface area contributed by atoms with Gasteiger partial charge in [-0.15, -0.1) is 0 Å². The molecule has 12 heteroatoms. The summed E-state index contributed by atoms with van der Waals surface area (Å²) in [5.41, 5.74) is 4.77. The van der Waals surface area contributed by atoms with Crippen LogP contribution in [0.4, 0.5) is 5.82 Å². The number of ketones is 1. The third-order valence-electron chi connectivity index (χ3n) is 18.7. The maximum Gasteiger partial charge on any atom is 0.309 e. The van der Waals surface area contributed by atoms with E-state index in [1.807, 2.05) is 13.8 Å². The number of hydrogen-bond donors (Lipinski definition) is 5. The molecule has 2 amide bonds. The van der Waals surface area contributed by atoms with Crippen LogP contribution >= 0.6 is 0 Å². The molecule has 0 aromatic carbocycles. The molecule has 6 aliphatic carbocycles. The molecular weight excluding hydrogens is 773 g/mol. The fraction of sp³-hybridized carbons (Fsp3) is 0.755. The number of carboxylic acid groups (broad SMARTS) is 1. The molecule has 0 spiro atoms. The van der Waals surface area contributed by atoms with Crippen molar-refractivity contribution in [3.8, 4) is 0 Å². The normalized spacial score (nSPS) is 37.9. The summed E-state index contributed by atoms with van der Waals surface area (Å²) in [5, 5.41) is 27.7. The molecule has 5 fully saturated rings. The largest absolute Gasteiger partial charge is 0.481 e. The van der Waals surface area contributed by atoms with Crippen molar-refractivity contribution in [2.24, 2.45) is 68.0 Å². The fourth-order valence-electron chi connectivity index (χ4n) is 14.8. The Morgan fingerprint density at radius 2 is 1.59 bits per heavy atom. The van der Waals surface area contributed by atoms with Crippen molar-refractivity contribution in [1.29, 1.82) is 0 Å². The lowest BCUT2D eigenvalue weighted by Gasteiger charge is -2.72. The number of rotatable bonds is 10. The molecule has 0 radical (unpaired) electrons. The molecule has 7 rings (SSSR count). The van der Waals surface area contributed by atoms with Gasteiger partial charge in [0.25, 0.3) is 5.91 Å². The van der Waals surface area contributed by atoms with Gasteiger partial charge in [0, 0.05) is 30.0 Å². The Hall–Kier alpha value is -3.80. The quantitative estimate of drug-likeness (QED) is 0.149. The molecule has 6 aliphatic rings. The number of nitrogens with zero attached hydrogens (tertiary/aromatic N) is 1. The van der Waals surface area contributed by atoms with Gasteiger partial charge in [0.1, 0.15) is 17.5 Å². The zero-order valence-corrected chi connectivity index (χ0v) is 38.5. The van der Waals surface area contributed by atoms with Crippen LogP contribution in [0.3, 0.4) is 0 Å². The standard InChI is InChI=1S/C49H72N4O8/c1-26(2)37-31(54)23-49(34(55)25-52-42(60)45(7,8)53-39(56)27-12-15-36(50)51-24-27)21-20-47(10)28(38(37)49)13-14-33-46(9)18-17-35(44(5,6)32(46)16-19-48(33,47)11)61-41(59)30-22-29(40(57)58)43(30,3)4/h12,15,24,26,28-30,32-35,55H,13-14,16-23,25H2,1-11H3,(H2,50,51)(H,52,60)(H,53,56)(H,57,58)/t28-,29+,30-,32+,33-,34+,35+,46+,47-,48-,49+/m1/s1. The summed E-state index contributed by atoms with van der Waals surface area (Å²) < 4.78 is 6.41. The van der Waals surface area contributed by atoms with Crippen LogP contribution in [0.15, 0.2) is 29.5 Å². The molecule has 12 nitrogen and oxygen atoms in total. The maximum absolute atomic E-state index is 14.2. The highest BCUT2D eigenvalue weighted by atomic mass is 16.5. The number of pyridine rings is 1. The topological polar surface area (TPSA) is 198 Å². The van der Waals surface area contributed by atoms with Crippen LogP contribution in [0.1, 0.15) is 151 Å². The van der Waals surface area contributed by atoms with Gasteiger partial charge in [0.15, 0.2) is 5.78 Å². The van der Waals surface area contributed by atoms with E-state index in [0.29, 0.717) is 24.7 Å². The third-order valence-corrected chi connectivity index (χ3v) is 18.7. The molecule has 1 aromatic rings. The lowest BCUT2D eigenvalue weighted by molar-refractivity contribution is -0.238. The number of nitrogens with two attached hydrogens (primary N) is 1. The Labute approximate surface area is 362 Å². The van der Waals surface area contributed by atoms with Crippen LogP contribution in [0, 0.1) is 68.0 Å². The van der Waals surface area contributed by atoms with E-state index < -0.39 is 52.1 Å². The number of nitrogens with one attached hydrogen (secondary N) is 2. The van der Waals surface area contributed by atoms with Crippen LogP contribution in [0.25, 0.3) is 0 Å². The number of aliphatic hydroxyl groups excluding tert-OH is 1. The van der Waals surface area contributed by atoms with E-state index in [1.165, 1.54) is 12.3 Å². The van der Waals surface area contributed by atoms with Crippen molar-refractivity contribution in [3.63, 3.8) is 0 Å². The zero-order valence-electron chi connectivity index (χ0n) is 38.5. The van der Waals surface area contributed by atoms with Crippen LogP contribution in [-0.2, 0) is 23.9 Å². The van der Waals surface area contributed by atoms with Gasteiger partial charge < -0.3 is 31.3 Å². The first-order chi connectivity index (χ1) is 28.2. The summed E-state index contributed by atoms with van der Waals surface area (Å²) in [5.74, 6) is -1.75. The minimum atomic E-state index is -1.30. The Kier molecular flexibility index (Phi) is 11.0. The second-order valence-corrected chi connectivity index (χ2v) is 22.9. The number of aliphatic carboxylic acids is 1. The van der Waals surface area contributed by atoms with E-state index in [0.717, 1.165) is 56.1 Å². The first-order valence-corrected chi connectivity index (χ1v) is 22.9. The molecule has 0 unspecified atom stereocenters. The zero-order chi connectivity index (χ0) is 45.0. The lowest BCUT2D eigenvalue weighted by atomic mass is 9.33. The summed E-state index contributed by atoms with van der Waals surface area (Å²) in [7, 11) is 0. The number of fused-ring (bicyclic) bond motifs is 7. The second-order valence-electron chi connectivity index (χ2n) is 22.9. The minimum Gasteiger partial charge on any atom is -0.481 e. The molecule has 11 atom stereocenters. The average molecular weight is 845 g/mol. The van der Waals surface area contributed by atoms with E-state index in [9.17, 15) is 34.2 Å². The molecular formula is C49H72N4O8. The third kappa shape index (κ3) is 6.77. The maximum atomic E-state index is 14.2. The Bertz CT molecular complexity index is 2020. The van der Waals surface area contributed by atoms with E-state index >= 15 is 0 Å². The number of carboxylic acids is 1. The Balaban J connectivity index is 1.10. The number of nitrogen functional groups attached to an aromatic ring is 1. The predicted octanol–water partition coefficient (Wildman–Crippen LogP) is 7.29. The van der Waals surface area contributed by atoms with E-state index in [2.05, 4.69) is 64.1 Å². The molecule has 5 saturated carbocycles. The van der Waals surface area contributed by atoms with Crippen molar-refractivity contribution in [1.82, 2.24) is 15.6 Å². The number of aromatic nitrogens is 1. The lowest BCUT2D eigenvalue weighted by Crippen LogP contribution is -2.66. The van der Waals surface area contributed by atoms with Crippen molar-refractivity contribution >= 4 is 35.4 Å². The number of Topliss-reactive ketones (excluding diaryl/α,β-unsaturated/α-hetero) is 1. The smallest absolute Gasteiger partial charge is 0.309 e. The Morgan fingerprint density at radius 1 is 0.902 bits per heavy atom. The van der Waals surface area contributed by atoms with Crippen molar-refractivity contribution in [3.05, 3.63) is 35.0 Å². The summed E-state index contributed by atoms with van der Waals surface area (Å²) in [6.45, 7) is 23.1. The SMILES string of the molecule is CC(C)C1=C2[C@H]3CC[C@@H]4[C@@]5(C)CC[C@H](OC(=O)[C@H]6C[C@@H](C(=O)O)C6(C)C)C(C)(C)[C@@H]5CC[C@@]4(C)[C@]3(C)CC[C@@]2([C@@H](O)CNC(=O)C(C)(C)NC(=O)c2ccc(N)nc2)CC1=O. The highest BCUT2D eigenvalue weighted by molar-refractivity contribution is 6.01. The number of hydrogen-bond acceptors (Lipinski definition) is 9. The van der Waals surface area contributed by atoms with Crippen molar-refractivity contribution in [2.45, 2.75) is 158 Å². The minimum absolute atomic E-state index is 0.00319. The second kappa shape index (κ2) is 14.9. The van der Waals surface area contributed by atoms with E-state index in [-0.39, 0.29) is 75.7 Å². The number of anilines is 1. The van der Waals surface area contributed by atoms with Gasteiger partial charge in [0.2, 0.25) is 5.91 Å². The van der Waals surface area contributed by atoms with Gasteiger partial charge in [-0.3, -0.25) is 24.0 Å². The number of esters is 1. The number of ether oxygens (including phenoxy) is 1. The molecule has 6 N–H and O–H groups in total. The van der Waals surface area contributed by atoms with Gasteiger partial charge in [-0.2, -0.15) is 0 Å². The first kappa shape index (κ1) is 45.2. The Morgan fingerprint density at radius 3 is 2.20 bits per heavy atom. The highest BCUT2D eigenvalue weighted by Crippen LogP contribution is 2.77. The molecule has 0 saturated heterocycles. The molecule has 0 aliphatic heterocycles. The summed E-state index contributed by atoms with van der Waals surface area (Å²) >= 11 is 0. The molecule has 336 valence electrons. The van der Waals surface area contributed by atoms with Gasteiger partial charge in [-0.25, -0.2) is 4.98 Å². The van der Waals surface area contributed by atoms with Gasteiger partial charge in [0.05, 0.1) is 23.5 Å². The number of carbonyl (C=O) groups is 5. The molecule has 1 heterocycles. The molecule has 1 aromatic heterocycles.